The Balaban J connectivity index is 2.19. The smallest absolute Gasteiger partial charge is 0.169 e. The molecule has 0 spiro atoms. The lowest BCUT2D eigenvalue weighted by Crippen LogP contribution is -2.32. The summed E-state index contributed by atoms with van der Waals surface area (Å²) in [6.07, 6.45) is 0. The van der Waals surface area contributed by atoms with Crippen LogP contribution in [0.25, 0.3) is 0 Å². The molecule has 1 heterocycles. The predicted octanol–water partition coefficient (Wildman–Crippen LogP) is 4.39. The zero-order valence-corrected chi connectivity index (χ0v) is 13.9. The maximum atomic E-state index is 5.93. The summed E-state index contributed by atoms with van der Waals surface area (Å²) in [4.78, 5) is 2.20. The van der Waals surface area contributed by atoms with Crippen LogP contribution in [0, 0.1) is 0 Å². The number of benzene rings is 1. The van der Waals surface area contributed by atoms with Crippen LogP contribution in [0.5, 0.6) is 0 Å². The number of nitrogens with zero attached hydrogens (tertiary/aromatic N) is 1. The van der Waals surface area contributed by atoms with E-state index in [-0.39, 0.29) is 12.1 Å². The van der Waals surface area contributed by atoms with Crippen LogP contribution < -0.4 is 5.73 Å². The molecule has 0 aliphatic heterocycles. The van der Waals surface area contributed by atoms with E-state index in [1.165, 1.54) is 5.56 Å². The van der Waals surface area contributed by atoms with E-state index in [1.54, 1.807) is 0 Å². The van der Waals surface area contributed by atoms with Gasteiger partial charge in [-0.05, 0) is 59.7 Å². The summed E-state index contributed by atoms with van der Waals surface area (Å²) in [5.41, 5.74) is 7.11. The third-order valence-corrected chi connectivity index (χ3v) is 4.28. The molecule has 2 atom stereocenters. The standard InChI is InChI=1S/C15H18BrClN2O/c1-10(11-3-5-12(17)6-4-11)19(2)13(9-18)14-7-8-15(16)20-14/h3-8,10,13H,9,18H2,1-2H3. The quantitative estimate of drug-likeness (QED) is 0.863. The molecule has 0 saturated heterocycles. The molecule has 0 saturated carbocycles. The second-order valence-electron chi connectivity index (χ2n) is 4.79. The van der Waals surface area contributed by atoms with Crippen molar-refractivity contribution in [2.24, 2.45) is 5.73 Å². The number of halogens is 2. The number of rotatable bonds is 5. The summed E-state index contributed by atoms with van der Waals surface area (Å²) in [7, 11) is 2.05. The van der Waals surface area contributed by atoms with Gasteiger partial charge in [-0.15, -0.1) is 0 Å². The van der Waals surface area contributed by atoms with Gasteiger partial charge in [0.25, 0.3) is 0 Å². The Morgan fingerprint density at radius 3 is 2.40 bits per heavy atom. The monoisotopic (exact) mass is 356 g/mol. The van der Waals surface area contributed by atoms with E-state index in [9.17, 15) is 0 Å². The Morgan fingerprint density at radius 2 is 1.90 bits per heavy atom. The van der Waals surface area contributed by atoms with Gasteiger partial charge in [0, 0.05) is 17.6 Å². The average Bonchev–Trinajstić information content (AvgIpc) is 2.86. The summed E-state index contributed by atoms with van der Waals surface area (Å²) < 4.78 is 6.36. The third-order valence-electron chi connectivity index (χ3n) is 3.60. The molecule has 0 bridgehead atoms. The first-order chi connectivity index (χ1) is 9.52. The molecule has 0 aliphatic rings. The minimum absolute atomic E-state index is 0.0342. The van der Waals surface area contributed by atoms with Gasteiger partial charge in [-0.2, -0.15) is 0 Å². The van der Waals surface area contributed by atoms with Crippen molar-refractivity contribution >= 4 is 27.5 Å². The molecule has 1 aromatic carbocycles. The molecule has 0 fully saturated rings. The van der Waals surface area contributed by atoms with E-state index in [2.05, 4.69) is 27.8 Å². The van der Waals surface area contributed by atoms with Crippen LogP contribution in [0.15, 0.2) is 45.5 Å². The lowest BCUT2D eigenvalue weighted by atomic mass is 10.0. The van der Waals surface area contributed by atoms with Crippen molar-refractivity contribution in [3.8, 4) is 0 Å². The molecule has 5 heteroatoms. The highest BCUT2D eigenvalue weighted by Gasteiger charge is 2.23. The first-order valence-corrected chi connectivity index (χ1v) is 7.62. The molecule has 0 radical (unpaired) electrons. The molecular weight excluding hydrogens is 340 g/mol. The molecule has 0 amide bonds. The number of furan rings is 1. The van der Waals surface area contributed by atoms with Gasteiger partial charge in [-0.25, -0.2) is 0 Å². The fourth-order valence-corrected chi connectivity index (χ4v) is 2.68. The molecule has 108 valence electrons. The normalized spacial score (nSPS) is 14.5. The first-order valence-electron chi connectivity index (χ1n) is 6.45. The summed E-state index contributed by atoms with van der Waals surface area (Å²) in [6.45, 7) is 2.64. The molecule has 1 aromatic heterocycles. The summed E-state index contributed by atoms with van der Waals surface area (Å²) in [5, 5.41) is 0.744. The van der Waals surface area contributed by atoms with Gasteiger partial charge in [0.15, 0.2) is 4.67 Å². The van der Waals surface area contributed by atoms with Gasteiger partial charge in [-0.3, -0.25) is 4.90 Å². The molecular formula is C15H18BrClN2O. The van der Waals surface area contributed by atoms with Crippen LogP contribution in [0.1, 0.15) is 30.3 Å². The second-order valence-corrected chi connectivity index (χ2v) is 6.00. The average molecular weight is 358 g/mol. The van der Waals surface area contributed by atoms with Gasteiger partial charge in [0.1, 0.15) is 5.76 Å². The number of likely N-dealkylation sites (N-methyl/N-ethyl adjacent to an activating group) is 1. The molecule has 2 unspecified atom stereocenters. The highest BCUT2D eigenvalue weighted by atomic mass is 79.9. The Morgan fingerprint density at radius 1 is 1.25 bits per heavy atom. The van der Waals surface area contributed by atoms with E-state index >= 15 is 0 Å². The molecule has 2 rings (SSSR count). The zero-order valence-electron chi connectivity index (χ0n) is 11.5. The highest BCUT2D eigenvalue weighted by Crippen LogP contribution is 2.30. The van der Waals surface area contributed by atoms with E-state index in [0.29, 0.717) is 6.54 Å². The SMILES string of the molecule is CC(c1ccc(Cl)cc1)N(C)C(CN)c1ccc(Br)o1. The summed E-state index contributed by atoms with van der Waals surface area (Å²) in [5.74, 6) is 0.864. The fourth-order valence-electron chi connectivity index (χ4n) is 2.24. The van der Waals surface area contributed by atoms with Gasteiger partial charge in [0.2, 0.25) is 0 Å². The molecule has 2 N–H and O–H groups in total. The predicted molar refractivity (Wildman–Crippen MR) is 85.8 cm³/mol. The van der Waals surface area contributed by atoms with Crippen molar-refractivity contribution in [2.45, 2.75) is 19.0 Å². The van der Waals surface area contributed by atoms with Crippen LogP contribution in [0.2, 0.25) is 5.02 Å². The maximum Gasteiger partial charge on any atom is 0.169 e. The number of nitrogens with two attached hydrogens (primary N) is 1. The van der Waals surface area contributed by atoms with Crippen LogP contribution in [0.4, 0.5) is 0 Å². The van der Waals surface area contributed by atoms with Crippen molar-refractivity contribution < 1.29 is 4.42 Å². The topological polar surface area (TPSA) is 42.4 Å². The number of hydrogen-bond donors (Lipinski definition) is 1. The van der Waals surface area contributed by atoms with E-state index in [4.69, 9.17) is 21.8 Å². The van der Waals surface area contributed by atoms with Crippen molar-refractivity contribution in [1.82, 2.24) is 4.90 Å². The Bertz CT molecular complexity index is 555. The Kier molecular flexibility index (Phi) is 5.27. The lowest BCUT2D eigenvalue weighted by Gasteiger charge is -2.31. The molecule has 0 aliphatic carbocycles. The van der Waals surface area contributed by atoms with Gasteiger partial charge < -0.3 is 10.2 Å². The lowest BCUT2D eigenvalue weighted by molar-refractivity contribution is 0.168. The van der Waals surface area contributed by atoms with Crippen molar-refractivity contribution in [2.75, 3.05) is 13.6 Å². The Hall–Kier alpha value is -0.810. The van der Waals surface area contributed by atoms with Crippen LogP contribution >= 0.6 is 27.5 Å². The van der Waals surface area contributed by atoms with Crippen LogP contribution in [0.3, 0.4) is 0 Å². The van der Waals surface area contributed by atoms with Crippen LogP contribution in [-0.2, 0) is 0 Å². The minimum Gasteiger partial charge on any atom is -0.453 e. The second kappa shape index (κ2) is 6.76. The van der Waals surface area contributed by atoms with Gasteiger partial charge in [-0.1, -0.05) is 23.7 Å². The van der Waals surface area contributed by atoms with Crippen molar-refractivity contribution in [3.63, 3.8) is 0 Å². The molecule has 20 heavy (non-hydrogen) atoms. The zero-order chi connectivity index (χ0) is 14.7. The molecule has 3 nitrogen and oxygen atoms in total. The van der Waals surface area contributed by atoms with Gasteiger partial charge >= 0.3 is 0 Å². The van der Waals surface area contributed by atoms with Crippen molar-refractivity contribution in [1.29, 1.82) is 0 Å². The van der Waals surface area contributed by atoms with Gasteiger partial charge in [0.05, 0.1) is 6.04 Å². The molecule has 2 aromatic rings. The van der Waals surface area contributed by atoms with Crippen molar-refractivity contribution in [3.05, 3.63) is 57.4 Å². The third kappa shape index (κ3) is 3.44. The highest BCUT2D eigenvalue weighted by molar-refractivity contribution is 9.10. The summed E-state index contributed by atoms with van der Waals surface area (Å²) in [6, 6.07) is 12.0. The number of hydrogen-bond acceptors (Lipinski definition) is 3. The first kappa shape index (κ1) is 15.6. The minimum atomic E-state index is 0.0342. The Labute approximate surface area is 132 Å². The maximum absolute atomic E-state index is 5.93. The fraction of sp³-hybridized carbons (Fsp3) is 0.333. The van der Waals surface area contributed by atoms with Crippen LogP contribution in [-0.4, -0.2) is 18.5 Å². The van der Waals surface area contributed by atoms with E-state index in [1.807, 2.05) is 43.4 Å². The largest absolute Gasteiger partial charge is 0.453 e. The van der Waals surface area contributed by atoms with E-state index in [0.717, 1.165) is 15.5 Å². The summed E-state index contributed by atoms with van der Waals surface area (Å²) >= 11 is 9.26. The van der Waals surface area contributed by atoms with E-state index < -0.39 is 0 Å².